The zero-order valence-corrected chi connectivity index (χ0v) is 20.5. The van der Waals surface area contributed by atoms with Crippen LogP contribution in [0.4, 0.5) is 0 Å². The number of allylic oxidation sites excluding steroid dienone is 5. The molecule has 3 unspecified atom stereocenters. The van der Waals surface area contributed by atoms with Crippen LogP contribution in [0.2, 0.25) is 0 Å². The van der Waals surface area contributed by atoms with E-state index in [9.17, 15) is 0 Å². The summed E-state index contributed by atoms with van der Waals surface area (Å²) < 4.78 is 0. The Labute approximate surface area is 190 Å². The molecule has 1 N–H and O–H groups in total. The van der Waals surface area contributed by atoms with Crippen molar-refractivity contribution in [3.63, 3.8) is 0 Å². The fraction of sp³-hybridized carbons (Fsp3) is 0.793. The molecule has 0 heterocycles. The first kappa shape index (κ1) is 29.2. The van der Waals surface area contributed by atoms with E-state index in [1.165, 1.54) is 75.4 Å². The highest BCUT2D eigenvalue weighted by Crippen LogP contribution is 2.50. The lowest BCUT2D eigenvalue weighted by Gasteiger charge is -2.32. The Balaban J connectivity index is 0.00000272. The molecule has 2 aliphatic carbocycles. The number of unbranched alkanes of at least 4 members (excludes halogenated alkanes) is 1. The molecule has 1 nitrogen and oxygen atoms in total. The van der Waals surface area contributed by atoms with Crippen LogP contribution >= 0.6 is 0 Å². The molecule has 3 atom stereocenters. The number of aliphatic hydroxyl groups is 1. The molecule has 0 aromatic heterocycles. The first-order chi connectivity index (χ1) is 13.9. The van der Waals surface area contributed by atoms with Gasteiger partial charge in [-0.05, 0) is 80.1 Å². The van der Waals surface area contributed by atoms with E-state index < -0.39 is 0 Å². The second-order valence-corrected chi connectivity index (χ2v) is 10.4. The zero-order valence-electron chi connectivity index (χ0n) is 20.5. The first-order valence-corrected chi connectivity index (χ1v) is 12.4. The minimum absolute atomic E-state index is 0. The fourth-order valence-electron chi connectivity index (χ4n) is 5.56. The molecule has 0 spiro atoms. The van der Waals surface area contributed by atoms with Crippen LogP contribution in [0.3, 0.4) is 0 Å². The highest BCUT2D eigenvalue weighted by atomic mass is 16.2. The van der Waals surface area contributed by atoms with Crippen LogP contribution in [0, 0.1) is 23.2 Å². The van der Waals surface area contributed by atoms with Gasteiger partial charge in [-0.1, -0.05) is 97.6 Å². The van der Waals surface area contributed by atoms with Gasteiger partial charge in [0.05, 0.1) is 0 Å². The number of aliphatic hydroxyl groups excluding tert-OH is 1. The lowest BCUT2D eigenvalue weighted by molar-refractivity contribution is 0.257. The Bertz CT molecular complexity index is 531. The summed E-state index contributed by atoms with van der Waals surface area (Å²) in [7, 11) is 1.00. The van der Waals surface area contributed by atoms with Crippen molar-refractivity contribution < 1.29 is 5.11 Å². The normalized spacial score (nSPS) is 25.2. The van der Waals surface area contributed by atoms with E-state index in [1.807, 2.05) is 0 Å². The second kappa shape index (κ2) is 15.1. The van der Waals surface area contributed by atoms with Crippen molar-refractivity contribution in [2.45, 2.75) is 119 Å². The second-order valence-electron chi connectivity index (χ2n) is 10.4. The van der Waals surface area contributed by atoms with Crippen LogP contribution in [0.1, 0.15) is 119 Å². The van der Waals surface area contributed by atoms with E-state index in [0.717, 1.165) is 37.7 Å². The maximum Gasteiger partial charge on any atom is 0.0319 e. The van der Waals surface area contributed by atoms with Gasteiger partial charge in [0.15, 0.2) is 0 Å². The molecule has 0 aliphatic heterocycles. The molecule has 30 heavy (non-hydrogen) atoms. The van der Waals surface area contributed by atoms with Crippen molar-refractivity contribution in [2.24, 2.45) is 23.2 Å². The van der Waals surface area contributed by atoms with Gasteiger partial charge < -0.3 is 5.11 Å². The Morgan fingerprint density at radius 3 is 2.40 bits per heavy atom. The smallest absolute Gasteiger partial charge is 0.0319 e. The molecule has 0 amide bonds. The summed E-state index contributed by atoms with van der Waals surface area (Å²) in [6.45, 7) is 16.0. The lowest BCUT2D eigenvalue weighted by atomic mass is 9.73. The largest absolute Gasteiger partial charge is 0.400 e. The van der Waals surface area contributed by atoms with Gasteiger partial charge in [-0.25, -0.2) is 0 Å². The molecule has 0 aromatic carbocycles. The summed E-state index contributed by atoms with van der Waals surface area (Å²) >= 11 is 0. The third-order valence-electron chi connectivity index (χ3n) is 7.09. The van der Waals surface area contributed by atoms with Gasteiger partial charge in [0.1, 0.15) is 0 Å². The number of hydrogen-bond donors (Lipinski definition) is 1. The molecular weight excluding hydrogens is 364 g/mol. The summed E-state index contributed by atoms with van der Waals surface area (Å²) in [6, 6.07) is 0. The molecule has 2 rings (SSSR count). The van der Waals surface area contributed by atoms with Crippen molar-refractivity contribution in [2.75, 3.05) is 7.11 Å². The van der Waals surface area contributed by atoms with E-state index in [0.29, 0.717) is 5.41 Å². The van der Waals surface area contributed by atoms with Gasteiger partial charge in [-0.2, -0.15) is 0 Å². The molecule has 2 fully saturated rings. The summed E-state index contributed by atoms with van der Waals surface area (Å²) in [5.41, 5.74) is 5.10. The van der Waals surface area contributed by atoms with Crippen molar-refractivity contribution in [3.8, 4) is 0 Å². The molecule has 0 radical (unpaired) electrons. The van der Waals surface area contributed by atoms with Crippen molar-refractivity contribution in [1.82, 2.24) is 0 Å². The lowest BCUT2D eigenvalue weighted by Crippen LogP contribution is -2.21. The van der Waals surface area contributed by atoms with Crippen LogP contribution in [-0.4, -0.2) is 12.2 Å². The van der Waals surface area contributed by atoms with Gasteiger partial charge in [0.2, 0.25) is 0 Å². The van der Waals surface area contributed by atoms with Crippen molar-refractivity contribution in [3.05, 3.63) is 35.5 Å². The first-order valence-electron chi connectivity index (χ1n) is 12.4. The average molecular weight is 419 g/mol. The third-order valence-corrected chi connectivity index (χ3v) is 7.09. The summed E-state index contributed by atoms with van der Waals surface area (Å²) in [6.07, 6.45) is 21.3. The fourth-order valence-corrected chi connectivity index (χ4v) is 5.56. The standard InChI is InChI=1S/C27H46.CH4O.CH4/c1-7-12-21(3)22(8-2)16-17-24-14-11-15-25-23(18-19-26(24)25)13-9-10-20-27(4,5)6;1-2;/h16-17,23,25-26H,3,7-15,18-20H2,1-2,4-6H3;2H,1H3;1H4/b22-16-,24-17+;;. The van der Waals surface area contributed by atoms with Crippen LogP contribution in [0.15, 0.2) is 35.5 Å². The van der Waals surface area contributed by atoms with Crippen LogP contribution < -0.4 is 0 Å². The minimum atomic E-state index is 0. The predicted octanol–water partition coefficient (Wildman–Crippen LogP) is 9.28. The highest BCUT2D eigenvalue weighted by Gasteiger charge is 2.39. The van der Waals surface area contributed by atoms with E-state index in [2.05, 4.69) is 53.3 Å². The zero-order chi connectivity index (χ0) is 21.9. The Morgan fingerprint density at radius 1 is 1.10 bits per heavy atom. The summed E-state index contributed by atoms with van der Waals surface area (Å²) in [4.78, 5) is 0. The summed E-state index contributed by atoms with van der Waals surface area (Å²) in [5, 5.41) is 7.00. The molecule has 2 saturated carbocycles. The Morgan fingerprint density at radius 2 is 1.80 bits per heavy atom. The van der Waals surface area contributed by atoms with E-state index in [1.54, 1.807) is 5.57 Å². The van der Waals surface area contributed by atoms with Gasteiger partial charge in [0.25, 0.3) is 0 Å². The molecule has 1 heteroatoms. The maximum absolute atomic E-state index is 7.00. The van der Waals surface area contributed by atoms with Crippen LogP contribution in [0.25, 0.3) is 0 Å². The molecule has 176 valence electrons. The number of fused-ring (bicyclic) bond motifs is 1. The van der Waals surface area contributed by atoms with Gasteiger partial charge in [0, 0.05) is 7.11 Å². The SMILES string of the molecule is C.C=C(CCC)/C(=C\C=C1/CCCC2C(CCCCC(C)(C)C)CCC12)CC.CO. The van der Waals surface area contributed by atoms with E-state index in [4.69, 9.17) is 5.11 Å². The molecule has 0 bridgehead atoms. The Kier molecular flexibility index (Phi) is 14.6. The summed E-state index contributed by atoms with van der Waals surface area (Å²) in [5.74, 6) is 2.88. The maximum atomic E-state index is 7.00. The Hall–Kier alpha value is -0.820. The number of hydrogen-bond acceptors (Lipinski definition) is 1. The highest BCUT2D eigenvalue weighted by molar-refractivity contribution is 5.33. The average Bonchev–Trinajstić information content (AvgIpc) is 3.11. The molecular formula is C29H54O. The van der Waals surface area contributed by atoms with Crippen molar-refractivity contribution in [1.29, 1.82) is 0 Å². The van der Waals surface area contributed by atoms with Crippen LogP contribution in [0.5, 0.6) is 0 Å². The van der Waals surface area contributed by atoms with Gasteiger partial charge in [-0.15, -0.1) is 0 Å². The third kappa shape index (κ3) is 9.54. The number of rotatable bonds is 9. The van der Waals surface area contributed by atoms with Gasteiger partial charge in [-0.3, -0.25) is 0 Å². The van der Waals surface area contributed by atoms with E-state index in [-0.39, 0.29) is 7.43 Å². The van der Waals surface area contributed by atoms with Gasteiger partial charge >= 0.3 is 0 Å². The minimum Gasteiger partial charge on any atom is -0.400 e. The quantitative estimate of drug-likeness (QED) is 0.292. The van der Waals surface area contributed by atoms with Crippen molar-refractivity contribution >= 4 is 0 Å². The molecule has 0 aromatic rings. The van der Waals surface area contributed by atoms with Crippen LogP contribution in [-0.2, 0) is 0 Å². The van der Waals surface area contributed by atoms with E-state index >= 15 is 0 Å². The monoisotopic (exact) mass is 418 g/mol. The predicted molar refractivity (Wildman–Crippen MR) is 137 cm³/mol. The molecule has 2 aliphatic rings. The topological polar surface area (TPSA) is 20.2 Å². The molecule has 0 saturated heterocycles.